The van der Waals surface area contributed by atoms with Gasteiger partial charge in [-0.25, -0.2) is 4.68 Å². The van der Waals surface area contributed by atoms with Gasteiger partial charge in [-0.2, -0.15) is 0 Å². The van der Waals surface area contributed by atoms with Gasteiger partial charge in [0.15, 0.2) is 5.69 Å². The Morgan fingerprint density at radius 1 is 1.00 bits per heavy atom. The maximum absolute atomic E-state index is 12.4. The lowest BCUT2D eigenvalue weighted by Gasteiger charge is -2.07. The van der Waals surface area contributed by atoms with Crippen molar-refractivity contribution in [3.8, 4) is 5.69 Å². The van der Waals surface area contributed by atoms with Crippen LogP contribution in [0.2, 0.25) is 5.02 Å². The van der Waals surface area contributed by atoms with Crippen LogP contribution in [0, 0.1) is 0 Å². The molecule has 0 bridgehead atoms. The summed E-state index contributed by atoms with van der Waals surface area (Å²) in [5, 5.41) is 13.8. The predicted octanol–water partition coefficient (Wildman–Crippen LogP) is 4.05. The molecule has 0 saturated carbocycles. The number of benzene rings is 3. The molecule has 0 aliphatic heterocycles. The Kier molecular flexibility index (Phi) is 4.85. The summed E-state index contributed by atoms with van der Waals surface area (Å²) in [5.74, 6) is -0.256. The highest BCUT2D eigenvalue weighted by Crippen LogP contribution is 2.19. The second kappa shape index (κ2) is 7.60. The third-order valence-electron chi connectivity index (χ3n) is 4.39. The zero-order valence-corrected chi connectivity index (χ0v) is 15.2. The Bertz CT molecular complexity index is 1100. The van der Waals surface area contributed by atoms with E-state index in [-0.39, 0.29) is 11.6 Å². The van der Waals surface area contributed by atoms with Crippen molar-refractivity contribution in [1.29, 1.82) is 0 Å². The van der Waals surface area contributed by atoms with Gasteiger partial charge in [-0.3, -0.25) is 4.79 Å². The van der Waals surface area contributed by atoms with Gasteiger partial charge in [0.2, 0.25) is 0 Å². The van der Waals surface area contributed by atoms with Crippen molar-refractivity contribution in [2.75, 3.05) is 6.54 Å². The van der Waals surface area contributed by atoms with E-state index < -0.39 is 0 Å². The second-order valence-corrected chi connectivity index (χ2v) is 6.55. The van der Waals surface area contributed by atoms with Crippen LogP contribution in [-0.2, 0) is 6.42 Å². The second-order valence-electron chi connectivity index (χ2n) is 6.14. The number of nitrogens with one attached hydrogen (secondary N) is 1. The predicted molar refractivity (Wildman–Crippen MR) is 106 cm³/mol. The summed E-state index contributed by atoms with van der Waals surface area (Å²) in [6.07, 6.45) is 2.32. The molecule has 4 aromatic rings. The maximum Gasteiger partial charge on any atom is 0.273 e. The van der Waals surface area contributed by atoms with Crippen LogP contribution in [0.5, 0.6) is 0 Å². The number of rotatable bonds is 5. The summed E-state index contributed by atoms with van der Waals surface area (Å²) >= 11 is 6.16. The topological polar surface area (TPSA) is 59.8 Å². The average molecular weight is 377 g/mol. The molecule has 1 aromatic heterocycles. The van der Waals surface area contributed by atoms with Crippen molar-refractivity contribution in [3.63, 3.8) is 0 Å². The maximum atomic E-state index is 12.4. The van der Waals surface area contributed by atoms with Crippen LogP contribution in [0.4, 0.5) is 0 Å². The Balaban J connectivity index is 1.42. The molecule has 134 valence electrons. The number of para-hydroxylation sites is 1. The summed E-state index contributed by atoms with van der Waals surface area (Å²) in [6.45, 7) is 0.520. The van der Waals surface area contributed by atoms with Gasteiger partial charge in [-0.1, -0.05) is 71.4 Å². The SMILES string of the molecule is O=C(NCCc1cccc2ccccc12)c1cn(-c2ccccc2Cl)nn1. The molecule has 1 heterocycles. The van der Waals surface area contributed by atoms with Crippen molar-refractivity contribution >= 4 is 28.3 Å². The molecule has 0 saturated heterocycles. The van der Waals surface area contributed by atoms with E-state index in [0.717, 1.165) is 6.42 Å². The van der Waals surface area contributed by atoms with E-state index in [2.05, 4.69) is 39.9 Å². The molecular formula is C21H17ClN4O. The summed E-state index contributed by atoms with van der Waals surface area (Å²) in [5.41, 5.74) is 2.14. The van der Waals surface area contributed by atoms with E-state index in [1.165, 1.54) is 21.0 Å². The minimum Gasteiger partial charge on any atom is -0.350 e. The van der Waals surface area contributed by atoms with Gasteiger partial charge in [0, 0.05) is 6.54 Å². The third-order valence-corrected chi connectivity index (χ3v) is 4.70. The Labute approximate surface area is 161 Å². The average Bonchev–Trinajstić information content (AvgIpc) is 3.18. The van der Waals surface area contributed by atoms with Crippen molar-refractivity contribution < 1.29 is 4.79 Å². The molecule has 0 aliphatic rings. The molecule has 4 rings (SSSR count). The monoisotopic (exact) mass is 376 g/mol. The summed E-state index contributed by atoms with van der Waals surface area (Å²) < 4.78 is 1.50. The van der Waals surface area contributed by atoms with Crippen molar-refractivity contribution in [2.45, 2.75) is 6.42 Å². The van der Waals surface area contributed by atoms with Crippen LogP contribution < -0.4 is 5.32 Å². The quantitative estimate of drug-likeness (QED) is 0.571. The lowest BCUT2D eigenvalue weighted by molar-refractivity contribution is 0.0949. The first-order valence-corrected chi connectivity index (χ1v) is 9.02. The summed E-state index contributed by atoms with van der Waals surface area (Å²) in [4.78, 5) is 12.4. The minimum atomic E-state index is -0.256. The van der Waals surface area contributed by atoms with Crippen LogP contribution in [-0.4, -0.2) is 27.4 Å². The molecule has 6 heteroatoms. The number of carbonyl (C=O) groups is 1. The molecule has 1 N–H and O–H groups in total. The van der Waals surface area contributed by atoms with Crippen LogP contribution in [0.3, 0.4) is 0 Å². The van der Waals surface area contributed by atoms with Gasteiger partial charge in [0.1, 0.15) is 0 Å². The molecule has 1 amide bonds. The molecule has 0 spiro atoms. The van der Waals surface area contributed by atoms with Gasteiger partial charge < -0.3 is 5.32 Å². The fraction of sp³-hybridized carbons (Fsp3) is 0.0952. The van der Waals surface area contributed by atoms with E-state index >= 15 is 0 Å². The van der Waals surface area contributed by atoms with E-state index in [9.17, 15) is 4.79 Å². The Morgan fingerprint density at radius 2 is 1.78 bits per heavy atom. The summed E-state index contributed by atoms with van der Waals surface area (Å²) in [7, 11) is 0. The molecule has 0 aliphatic carbocycles. The van der Waals surface area contributed by atoms with Crippen LogP contribution in [0.25, 0.3) is 16.5 Å². The molecule has 0 atom stereocenters. The van der Waals surface area contributed by atoms with Crippen LogP contribution >= 0.6 is 11.6 Å². The first kappa shape index (κ1) is 17.2. The standard InChI is InChI=1S/C21H17ClN4O/c22-18-10-3-4-11-20(18)26-14-19(24-25-26)21(27)23-13-12-16-8-5-7-15-6-1-2-9-17(15)16/h1-11,14H,12-13H2,(H,23,27). The number of carbonyl (C=O) groups excluding carboxylic acids is 1. The first-order valence-electron chi connectivity index (χ1n) is 8.64. The van der Waals surface area contributed by atoms with E-state index in [4.69, 9.17) is 11.6 Å². The van der Waals surface area contributed by atoms with Gasteiger partial charge in [-0.05, 0) is 34.9 Å². The molecular weight excluding hydrogens is 360 g/mol. The largest absolute Gasteiger partial charge is 0.350 e. The Morgan fingerprint density at radius 3 is 2.67 bits per heavy atom. The van der Waals surface area contributed by atoms with Gasteiger partial charge in [0.05, 0.1) is 16.9 Å². The lowest BCUT2D eigenvalue weighted by Crippen LogP contribution is -2.26. The third kappa shape index (κ3) is 3.68. The highest BCUT2D eigenvalue weighted by atomic mass is 35.5. The first-order chi connectivity index (χ1) is 13.2. The Hall–Kier alpha value is -3.18. The zero-order valence-electron chi connectivity index (χ0n) is 14.5. The number of fused-ring (bicyclic) bond motifs is 1. The van der Waals surface area contributed by atoms with E-state index in [1.54, 1.807) is 12.3 Å². The fourth-order valence-electron chi connectivity index (χ4n) is 3.03. The van der Waals surface area contributed by atoms with Crippen molar-refractivity contribution in [1.82, 2.24) is 20.3 Å². The number of halogens is 1. The zero-order chi connectivity index (χ0) is 18.6. The molecule has 3 aromatic carbocycles. The smallest absolute Gasteiger partial charge is 0.273 e. The van der Waals surface area contributed by atoms with Gasteiger partial charge >= 0.3 is 0 Å². The molecule has 5 nitrogen and oxygen atoms in total. The molecule has 27 heavy (non-hydrogen) atoms. The van der Waals surface area contributed by atoms with Crippen LogP contribution in [0.1, 0.15) is 16.1 Å². The number of hydrogen-bond acceptors (Lipinski definition) is 3. The van der Waals surface area contributed by atoms with Crippen molar-refractivity contribution in [2.24, 2.45) is 0 Å². The highest BCUT2D eigenvalue weighted by molar-refractivity contribution is 6.32. The normalized spacial score (nSPS) is 10.9. The van der Waals surface area contributed by atoms with Gasteiger partial charge in [0.25, 0.3) is 5.91 Å². The number of nitrogens with zero attached hydrogens (tertiary/aromatic N) is 3. The number of hydrogen-bond donors (Lipinski definition) is 1. The highest BCUT2D eigenvalue weighted by Gasteiger charge is 2.12. The summed E-state index contributed by atoms with van der Waals surface area (Å²) in [6, 6.07) is 21.7. The fourth-order valence-corrected chi connectivity index (χ4v) is 3.26. The lowest BCUT2D eigenvalue weighted by atomic mass is 10.0. The van der Waals surface area contributed by atoms with E-state index in [0.29, 0.717) is 17.3 Å². The van der Waals surface area contributed by atoms with Crippen molar-refractivity contribution in [3.05, 3.63) is 89.2 Å². The number of aromatic nitrogens is 3. The molecule has 0 radical (unpaired) electrons. The van der Waals surface area contributed by atoms with Crippen LogP contribution in [0.15, 0.2) is 72.9 Å². The molecule has 0 unspecified atom stereocenters. The molecule has 0 fully saturated rings. The minimum absolute atomic E-state index is 0.256. The number of amides is 1. The van der Waals surface area contributed by atoms with Gasteiger partial charge in [-0.15, -0.1) is 5.10 Å². The van der Waals surface area contributed by atoms with E-state index in [1.807, 2.05) is 36.4 Å².